The molecular weight excluding hydrogens is 371 g/mol. The van der Waals surface area contributed by atoms with Crippen LogP contribution in [0.4, 0.5) is 0 Å². The van der Waals surface area contributed by atoms with Gasteiger partial charge in [0.25, 0.3) is 0 Å². The third-order valence-electron chi connectivity index (χ3n) is 3.00. The van der Waals surface area contributed by atoms with E-state index in [9.17, 15) is 4.79 Å². The van der Waals surface area contributed by atoms with Crippen LogP contribution in [0.2, 0.25) is 0 Å². The predicted molar refractivity (Wildman–Crippen MR) is 88.1 cm³/mol. The fraction of sp³-hybridized carbons (Fsp3) is 0.385. The number of guanidine groups is 1. The second kappa shape index (κ2) is 8.05. The van der Waals surface area contributed by atoms with Gasteiger partial charge < -0.3 is 21.1 Å². The molecule has 0 saturated carbocycles. The molecular formula is C13H19IN4O2. The van der Waals surface area contributed by atoms with Crippen molar-refractivity contribution in [1.82, 2.24) is 4.90 Å². The molecule has 1 saturated heterocycles. The van der Waals surface area contributed by atoms with E-state index in [2.05, 4.69) is 4.99 Å². The number of halogens is 1. The molecule has 0 spiro atoms. The molecule has 4 N–H and O–H groups in total. The van der Waals surface area contributed by atoms with Crippen LogP contribution in [0.1, 0.15) is 15.9 Å². The van der Waals surface area contributed by atoms with Gasteiger partial charge in [-0.15, -0.1) is 24.0 Å². The highest BCUT2D eigenvalue weighted by Crippen LogP contribution is 2.06. The van der Waals surface area contributed by atoms with Gasteiger partial charge in [0.2, 0.25) is 5.91 Å². The second-order valence-electron chi connectivity index (χ2n) is 4.34. The van der Waals surface area contributed by atoms with Gasteiger partial charge in [0, 0.05) is 18.7 Å². The van der Waals surface area contributed by atoms with E-state index < -0.39 is 5.91 Å². The number of ether oxygens (including phenoxy) is 1. The molecule has 0 atom stereocenters. The lowest BCUT2D eigenvalue weighted by Gasteiger charge is -2.27. The third-order valence-corrected chi connectivity index (χ3v) is 3.00. The first kappa shape index (κ1) is 16.7. The zero-order chi connectivity index (χ0) is 13.7. The topological polar surface area (TPSA) is 93.9 Å². The Bertz CT molecular complexity index is 470. The first-order valence-corrected chi connectivity index (χ1v) is 6.18. The zero-order valence-corrected chi connectivity index (χ0v) is 13.4. The van der Waals surface area contributed by atoms with Gasteiger partial charge in [0.1, 0.15) is 0 Å². The van der Waals surface area contributed by atoms with E-state index in [0.29, 0.717) is 31.3 Å². The standard InChI is InChI=1S/C13H18N4O2.HI/c14-12(18)11-3-1-10(2-4-11)9-16-13(15)17-5-7-19-8-6-17;/h1-4H,5-9H2,(H2,14,18)(H2,15,16);1H. The number of nitrogens with zero attached hydrogens (tertiary/aromatic N) is 2. The third kappa shape index (κ3) is 4.64. The molecule has 1 heterocycles. The molecule has 0 aromatic heterocycles. The number of carbonyl (C=O) groups excluding carboxylic acids is 1. The average molecular weight is 390 g/mol. The van der Waals surface area contributed by atoms with Crippen LogP contribution in [0, 0.1) is 0 Å². The van der Waals surface area contributed by atoms with E-state index in [1.54, 1.807) is 12.1 Å². The van der Waals surface area contributed by atoms with Gasteiger partial charge in [-0.1, -0.05) is 12.1 Å². The van der Waals surface area contributed by atoms with Crippen LogP contribution in [0.3, 0.4) is 0 Å². The molecule has 1 aliphatic heterocycles. The Morgan fingerprint density at radius 1 is 1.20 bits per heavy atom. The maximum absolute atomic E-state index is 10.9. The Labute approximate surface area is 135 Å². The van der Waals surface area contributed by atoms with Gasteiger partial charge >= 0.3 is 0 Å². The van der Waals surface area contributed by atoms with E-state index in [0.717, 1.165) is 18.7 Å². The van der Waals surface area contributed by atoms with E-state index in [-0.39, 0.29) is 24.0 Å². The quantitative estimate of drug-likeness (QED) is 0.448. The first-order chi connectivity index (χ1) is 9.16. The summed E-state index contributed by atoms with van der Waals surface area (Å²) in [5.74, 6) is 0.102. The summed E-state index contributed by atoms with van der Waals surface area (Å²) in [6, 6.07) is 7.04. The highest BCUT2D eigenvalue weighted by atomic mass is 127. The number of morpholine rings is 1. The Morgan fingerprint density at radius 3 is 2.35 bits per heavy atom. The van der Waals surface area contributed by atoms with Crippen LogP contribution < -0.4 is 11.5 Å². The molecule has 1 fully saturated rings. The number of carbonyl (C=O) groups is 1. The molecule has 1 aromatic rings. The van der Waals surface area contributed by atoms with Crippen LogP contribution >= 0.6 is 24.0 Å². The summed E-state index contributed by atoms with van der Waals surface area (Å²) in [6.45, 7) is 3.40. The number of benzene rings is 1. The van der Waals surface area contributed by atoms with Gasteiger partial charge in [-0.2, -0.15) is 0 Å². The van der Waals surface area contributed by atoms with Gasteiger partial charge in [-0.25, -0.2) is 4.99 Å². The summed E-state index contributed by atoms with van der Waals surface area (Å²) in [6.07, 6.45) is 0. The summed E-state index contributed by atoms with van der Waals surface area (Å²) >= 11 is 0. The lowest BCUT2D eigenvalue weighted by atomic mass is 10.1. The summed E-state index contributed by atoms with van der Waals surface area (Å²) < 4.78 is 5.25. The predicted octanol–water partition coefficient (Wildman–Crippen LogP) is 0.550. The van der Waals surface area contributed by atoms with Crippen molar-refractivity contribution in [2.24, 2.45) is 16.5 Å². The monoisotopic (exact) mass is 390 g/mol. The summed E-state index contributed by atoms with van der Waals surface area (Å²) in [5.41, 5.74) is 12.6. The highest BCUT2D eigenvalue weighted by molar-refractivity contribution is 14.0. The van der Waals surface area contributed by atoms with Gasteiger partial charge in [0.05, 0.1) is 19.8 Å². The van der Waals surface area contributed by atoms with Crippen molar-refractivity contribution in [1.29, 1.82) is 0 Å². The normalized spacial score (nSPS) is 15.6. The number of aliphatic imine (C=N–C) groups is 1. The molecule has 2 rings (SSSR count). The molecule has 110 valence electrons. The molecule has 0 unspecified atom stereocenters. The van der Waals surface area contributed by atoms with Crippen LogP contribution in [-0.4, -0.2) is 43.1 Å². The zero-order valence-electron chi connectivity index (χ0n) is 11.1. The summed E-state index contributed by atoms with van der Waals surface area (Å²) in [5, 5.41) is 0. The van der Waals surface area contributed by atoms with E-state index in [1.807, 2.05) is 17.0 Å². The molecule has 0 bridgehead atoms. The summed E-state index contributed by atoms with van der Waals surface area (Å²) in [4.78, 5) is 17.3. The number of nitrogens with two attached hydrogens (primary N) is 2. The maximum Gasteiger partial charge on any atom is 0.248 e. The molecule has 0 radical (unpaired) electrons. The summed E-state index contributed by atoms with van der Waals surface area (Å²) in [7, 11) is 0. The second-order valence-corrected chi connectivity index (χ2v) is 4.34. The van der Waals surface area contributed by atoms with Crippen molar-refractivity contribution in [2.75, 3.05) is 26.3 Å². The van der Waals surface area contributed by atoms with Crippen LogP contribution in [0.5, 0.6) is 0 Å². The van der Waals surface area contributed by atoms with Crippen molar-refractivity contribution in [3.63, 3.8) is 0 Å². The Kier molecular flexibility index (Phi) is 6.73. The molecule has 20 heavy (non-hydrogen) atoms. The van der Waals surface area contributed by atoms with Crippen molar-refractivity contribution in [2.45, 2.75) is 6.54 Å². The Balaban J connectivity index is 0.00000200. The molecule has 0 aliphatic carbocycles. The Hall–Kier alpha value is -1.35. The molecule has 7 heteroatoms. The van der Waals surface area contributed by atoms with Crippen LogP contribution in [-0.2, 0) is 11.3 Å². The Morgan fingerprint density at radius 2 is 1.80 bits per heavy atom. The maximum atomic E-state index is 10.9. The van der Waals surface area contributed by atoms with Crippen molar-refractivity contribution in [3.05, 3.63) is 35.4 Å². The van der Waals surface area contributed by atoms with Crippen molar-refractivity contribution < 1.29 is 9.53 Å². The SMILES string of the molecule is I.NC(=O)c1ccc(CN=C(N)N2CCOCC2)cc1. The molecule has 1 amide bonds. The van der Waals surface area contributed by atoms with E-state index in [1.165, 1.54) is 0 Å². The largest absolute Gasteiger partial charge is 0.378 e. The highest BCUT2D eigenvalue weighted by Gasteiger charge is 2.11. The lowest BCUT2D eigenvalue weighted by Crippen LogP contribution is -2.44. The number of amides is 1. The first-order valence-electron chi connectivity index (χ1n) is 6.18. The number of hydrogen-bond acceptors (Lipinski definition) is 3. The van der Waals surface area contributed by atoms with Gasteiger partial charge in [0.15, 0.2) is 5.96 Å². The van der Waals surface area contributed by atoms with Crippen molar-refractivity contribution >= 4 is 35.8 Å². The number of primary amides is 1. The minimum Gasteiger partial charge on any atom is -0.378 e. The number of hydrogen-bond donors (Lipinski definition) is 2. The molecule has 1 aromatic carbocycles. The van der Waals surface area contributed by atoms with E-state index >= 15 is 0 Å². The van der Waals surface area contributed by atoms with Crippen molar-refractivity contribution in [3.8, 4) is 0 Å². The average Bonchev–Trinajstić information content (AvgIpc) is 2.46. The number of rotatable bonds is 3. The van der Waals surface area contributed by atoms with Crippen LogP contribution in [0.15, 0.2) is 29.3 Å². The smallest absolute Gasteiger partial charge is 0.248 e. The van der Waals surface area contributed by atoms with Crippen LogP contribution in [0.25, 0.3) is 0 Å². The minimum atomic E-state index is -0.428. The van der Waals surface area contributed by atoms with E-state index in [4.69, 9.17) is 16.2 Å². The molecule has 6 nitrogen and oxygen atoms in total. The fourth-order valence-corrected chi connectivity index (χ4v) is 1.84. The lowest BCUT2D eigenvalue weighted by molar-refractivity contribution is 0.0674. The van der Waals surface area contributed by atoms with Gasteiger partial charge in [-0.05, 0) is 17.7 Å². The van der Waals surface area contributed by atoms with Gasteiger partial charge in [-0.3, -0.25) is 4.79 Å². The molecule has 1 aliphatic rings. The minimum absolute atomic E-state index is 0. The fourth-order valence-electron chi connectivity index (χ4n) is 1.84.